The molecule has 3 nitrogen and oxygen atoms in total. The van der Waals surface area contributed by atoms with E-state index in [9.17, 15) is 35.1 Å². The molecule has 4 aromatic rings. The number of allylic oxidation sites excluding steroid dienone is 1. The second kappa shape index (κ2) is 19.0. The highest BCUT2D eigenvalue weighted by atomic mass is 19.2. The molecular formula is C41H42F8O3. The van der Waals surface area contributed by atoms with Crippen molar-refractivity contribution >= 4 is 5.76 Å². The van der Waals surface area contributed by atoms with E-state index in [-0.39, 0.29) is 54.8 Å². The van der Waals surface area contributed by atoms with Crippen molar-refractivity contribution in [1.82, 2.24) is 0 Å². The standard InChI is InChI=1S/C20H20F4O.C20H18F4O.CH4O/c2*1-2-3-12-4-6-13(7-5-12)15-10-18(23)20(25-11-15)14-8-16(21)19(24)17(22)9-14;1-2/h4-9,15,18,20H,2-3,10-11H2,1H3;4-9,15H,2-3,10-11H2,1H3;2H,1H3. The fourth-order valence-electron chi connectivity index (χ4n) is 6.33. The molecule has 4 atom stereocenters. The highest BCUT2D eigenvalue weighted by Gasteiger charge is 2.34. The lowest BCUT2D eigenvalue weighted by Gasteiger charge is -2.32. The maximum atomic E-state index is 14.6. The van der Waals surface area contributed by atoms with Crippen molar-refractivity contribution in [3.8, 4) is 0 Å². The molecule has 0 aromatic heterocycles. The molecular weight excluding hydrogens is 692 g/mol. The number of rotatable bonds is 8. The Hall–Kier alpha value is -4.22. The van der Waals surface area contributed by atoms with E-state index >= 15 is 0 Å². The molecule has 11 heteroatoms. The zero-order chi connectivity index (χ0) is 37.9. The molecule has 280 valence electrons. The van der Waals surface area contributed by atoms with Crippen LogP contribution in [0.1, 0.15) is 90.9 Å². The first-order valence-corrected chi connectivity index (χ1v) is 17.2. The maximum absolute atomic E-state index is 14.6. The Morgan fingerprint density at radius 2 is 1.08 bits per heavy atom. The largest absolute Gasteiger partial charge is 0.490 e. The van der Waals surface area contributed by atoms with Crippen molar-refractivity contribution in [2.45, 2.75) is 76.5 Å². The summed E-state index contributed by atoms with van der Waals surface area (Å²) in [4.78, 5) is 0. The number of aryl methyl sites for hydroxylation is 2. The maximum Gasteiger partial charge on any atom is 0.194 e. The van der Waals surface area contributed by atoms with Crippen LogP contribution in [0.25, 0.3) is 5.76 Å². The fraction of sp³-hybridized carbons (Fsp3) is 0.366. The summed E-state index contributed by atoms with van der Waals surface area (Å²) in [7, 11) is 1.00. The average molecular weight is 735 g/mol. The minimum absolute atomic E-state index is 0.0133. The molecule has 6 rings (SSSR count). The van der Waals surface area contributed by atoms with E-state index in [4.69, 9.17) is 14.6 Å². The van der Waals surface area contributed by atoms with E-state index in [1.807, 2.05) is 48.5 Å². The summed E-state index contributed by atoms with van der Waals surface area (Å²) in [6, 6.07) is 19.0. The number of benzene rings is 4. The molecule has 4 aromatic carbocycles. The van der Waals surface area contributed by atoms with Gasteiger partial charge in [0, 0.05) is 30.9 Å². The molecule has 2 aliphatic heterocycles. The van der Waals surface area contributed by atoms with Gasteiger partial charge < -0.3 is 14.6 Å². The van der Waals surface area contributed by atoms with Gasteiger partial charge >= 0.3 is 0 Å². The van der Waals surface area contributed by atoms with Crippen LogP contribution in [0.15, 0.2) is 78.6 Å². The Kier molecular flexibility index (Phi) is 14.8. The zero-order valence-corrected chi connectivity index (χ0v) is 29.2. The number of aliphatic hydroxyl groups excluding tert-OH is 1. The van der Waals surface area contributed by atoms with Gasteiger partial charge in [-0.25, -0.2) is 35.1 Å². The van der Waals surface area contributed by atoms with Crippen LogP contribution in [0.2, 0.25) is 0 Å². The molecule has 0 spiro atoms. The van der Waals surface area contributed by atoms with Gasteiger partial charge in [0.2, 0.25) is 0 Å². The first kappa shape index (κ1) is 40.5. The van der Waals surface area contributed by atoms with E-state index in [1.54, 1.807) is 0 Å². The predicted molar refractivity (Wildman–Crippen MR) is 184 cm³/mol. The van der Waals surface area contributed by atoms with Gasteiger partial charge in [-0.1, -0.05) is 75.2 Å². The van der Waals surface area contributed by atoms with Crippen molar-refractivity contribution in [2.75, 3.05) is 20.3 Å². The van der Waals surface area contributed by atoms with Crippen LogP contribution in [-0.4, -0.2) is 31.6 Å². The zero-order valence-electron chi connectivity index (χ0n) is 29.2. The van der Waals surface area contributed by atoms with Crippen LogP contribution >= 0.6 is 0 Å². The second-order valence-electron chi connectivity index (χ2n) is 12.7. The smallest absolute Gasteiger partial charge is 0.194 e. The third-order valence-electron chi connectivity index (χ3n) is 8.98. The number of aliphatic hydroxyl groups is 1. The minimum Gasteiger partial charge on any atom is -0.490 e. The summed E-state index contributed by atoms with van der Waals surface area (Å²) in [6.07, 6.45) is 1.86. The van der Waals surface area contributed by atoms with Crippen LogP contribution in [0, 0.1) is 34.9 Å². The van der Waals surface area contributed by atoms with E-state index in [0.29, 0.717) is 0 Å². The van der Waals surface area contributed by atoms with E-state index in [0.717, 1.165) is 68.2 Å². The van der Waals surface area contributed by atoms with Gasteiger partial charge in [-0.2, -0.15) is 0 Å². The third kappa shape index (κ3) is 10.0. The van der Waals surface area contributed by atoms with Crippen LogP contribution in [0.3, 0.4) is 0 Å². The first-order valence-electron chi connectivity index (χ1n) is 17.2. The highest BCUT2D eigenvalue weighted by Crippen LogP contribution is 2.39. The van der Waals surface area contributed by atoms with Crippen molar-refractivity contribution in [2.24, 2.45) is 0 Å². The fourth-order valence-corrected chi connectivity index (χ4v) is 6.33. The highest BCUT2D eigenvalue weighted by molar-refractivity contribution is 5.63. The van der Waals surface area contributed by atoms with Gasteiger partial charge in [-0.3, -0.25) is 0 Å². The molecule has 0 aliphatic carbocycles. The van der Waals surface area contributed by atoms with Crippen molar-refractivity contribution in [3.63, 3.8) is 0 Å². The van der Waals surface area contributed by atoms with Crippen LogP contribution in [0.5, 0.6) is 0 Å². The predicted octanol–water partition coefficient (Wildman–Crippen LogP) is 11.1. The topological polar surface area (TPSA) is 38.7 Å². The first-order chi connectivity index (χ1) is 25.0. The third-order valence-corrected chi connectivity index (χ3v) is 8.98. The molecule has 0 amide bonds. The van der Waals surface area contributed by atoms with Gasteiger partial charge in [-0.05, 0) is 71.3 Å². The molecule has 0 radical (unpaired) electrons. The summed E-state index contributed by atoms with van der Waals surface area (Å²) in [5, 5.41) is 7.00. The quantitative estimate of drug-likeness (QED) is 0.145. The molecule has 1 N–H and O–H groups in total. The number of alkyl halides is 1. The SMILES string of the molecule is CCCc1ccc(C2COC(c3cc(F)c(F)c(F)c3)=C(F)C2)cc1.CCCc1ccc(C2COC(c3cc(F)c(F)c(F)c3)C(F)C2)cc1.CO. The lowest BCUT2D eigenvalue weighted by molar-refractivity contribution is -0.0529. The number of hydrogen-bond acceptors (Lipinski definition) is 3. The van der Waals surface area contributed by atoms with Crippen molar-refractivity contribution in [3.05, 3.63) is 147 Å². The Morgan fingerprint density at radius 3 is 1.52 bits per heavy atom. The van der Waals surface area contributed by atoms with E-state index in [1.165, 1.54) is 11.1 Å². The molecule has 2 aliphatic rings. The molecule has 0 saturated carbocycles. The normalized spacial score (nSPS) is 19.9. The van der Waals surface area contributed by atoms with Gasteiger partial charge in [0.25, 0.3) is 0 Å². The Balaban J connectivity index is 0.000000222. The Labute approximate surface area is 298 Å². The van der Waals surface area contributed by atoms with Gasteiger partial charge in [0.1, 0.15) is 18.1 Å². The summed E-state index contributed by atoms with van der Waals surface area (Å²) in [6.45, 7) is 4.65. The average Bonchev–Trinajstić information content (AvgIpc) is 3.14. The number of hydrogen-bond donors (Lipinski definition) is 1. The summed E-state index contributed by atoms with van der Waals surface area (Å²) < 4.78 is 120. The van der Waals surface area contributed by atoms with Crippen molar-refractivity contribution < 1.29 is 49.7 Å². The van der Waals surface area contributed by atoms with Gasteiger partial charge in [-0.15, -0.1) is 0 Å². The molecule has 4 unspecified atom stereocenters. The van der Waals surface area contributed by atoms with E-state index < -0.39 is 53.0 Å². The lowest BCUT2D eigenvalue weighted by Crippen LogP contribution is -2.29. The minimum atomic E-state index is -1.58. The summed E-state index contributed by atoms with van der Waals surface area (Å²) in [5.41, 5.74) is 4.24. The molecule has 52 heavy (non-hydrogen) atoms. The second-order valence-corrected chi connectivity index (χ2v) is 12.7. The number of ether oxygens (including phenoxy) is 2. The summed E-state index contributed by atoms with van der Waals surface area (Å²) in [5.74, 6) is -9.65. The van der Waals surface area contributed by atoms with Crippen LogP contribution in [0.4, 0.5) is 35.1 Å². The van der Waals surface area contributed by atoms with E-state index in [2.05, 4.69) is 13.8 Å². The lowest BCUT2D eigenvalue weighted by atomic mass is 9.87. The summed E-state index contributed by atoms with van der Waals surface area (Å²) >= 11 is 0. The van der Waals surface area contributed by atoms with Gasteiger partial charge in [0.15, 0.2) is 40.7 Å². The molecule has 1 saturated heterocycles. The molecule has 2 heterocycles. The number of halogens is 8. The van der Waals surface area contributed by atoms with Crippen LogP contribution < -0.4 is 0 Å². The molecule has 0 bridgehead atoms. The Bertz CT molecular complexity index is 1750. The monoisotopic (exact) mass is 734 g/mol. The molecule has 1 fully saturated rings. The van der Waals surface area contributed by atoms with Crippen molar-refractivity contribution in [1.29, 1.82) is 0 Å². The van der Waals surface area contributed by atoms with Gasteiger partial charge in [0.05, 0.1) is 13.2 Å². The Morgan fingerprint density at radius 1 is 0.615 bits per heavy atom. The van der Waals surface area contributed by atoms with Crippen LogP contribution in [-0.2, 0) is 22.3 Å².